The van der Waals surface area contributed by atoms with Gasteiger partial charge in [0.1, 0.15) is 0 Å². The zero-order valence-corrected chi connectivity index (χ0v) is 18.2. The Morgan fingerprint density at radius 2 is 1.48 bits per heavy atom. The van der Waals surface area contributed by atoms with Crippen LogP contribution in [0.2, 0.25) is 0 Å². The first-order chi connectivity index (χ1) is 13.7. The average molecular weight is 397 g/mol. The second-order valence-corrected chi connectivity index (χ2v) is 8.09. The van der Waals surface area contributed by atoms with Gasteiger partial charge in [-0.05, 0) is 47.7 Å². The Labute approximate surface area is 173 Å². The van der Waals surface area contributed by atoms with Gasteiger partial charge in [0, 0.05) is 37.7 Å². The quantitative estimate of drug-likeness (QED) is 0.623. The van der Waals surface area contributed by atoms with E-state index in [1.807, 2.05) is 63.2 Å². The standard InChI is InChI=1S/C23H32N4O2/c1-15(2)14-24-22(28)20-13-19(11-12-21(20)27(5)6)26-23(29)25-18-9-7-17(8-10-18)16(3)4/h7-13,15-16H,14H2,1-6H3,(H,24,28)(H2,25,26,29). The van der Waals surface area contributed by atoms with Crippen molar-refractivity contribution in [3.63, 3.8) is 0 Å². The van der Waals surface area contributed by atoms with Crippen LogP contribution in [-0.4, -0.2) is 32.6 Å². The second kappa shape index (κ2) is 9.96. The molecule has 0 saturated carbocycles. The summed E-state index contributed by atoms with van der Waals surface area (Å²) >= 11 is 0. The topological polar surface area (TPSA) is 73.5 Å². The Hall–Kier alpha value is -3.02. The molecular formula is C23H32N4O2. The van der Waals surface area contributed by atoms with Crippen molar-refractivity contribution in [2.75, 3.05) is 36.2 Å². The molecule has 0 radical (unpaired) electrons. The minimum Gasteiger partial charge on any atom is -0.377 e. The third-order valence-electron chi connectivity index (χ3n) is 4.49. The van der Waals surface area contributed by atoms with Crippen LogP contribution in [0.5, 0.6) is 0 Å². The normalized spacial score (nSPS) is 10.8. The second-order valence-electron chi connectivity index (χ2n) is 8.09. The third-order valence-corrected chi connectivity index (χ3v) is 4.49. The highest BCUT2D eigenvalue weighted by molar-refractivity contribution is 6.03. The number of hydrogen-bond acceptors (Lipinski definition) is 3. The molecule has 156 valence electrons. The molecule has 6 heteroatoms. The van der Waals surface area contributed by atoms with Crippen LogP contribution in [0.1, 0.15) is 49.5 Å². The predicted octanol–water partition coefficient (Wildman–Crippen LogP) is 4.91. The monoisotopic (exact) mass is 396 g/mol. The lowest BCUT2D eigenvalue weighted by molar-refractivity contribution is 0.0949. The molecule has 2 aromatic carbocycles. The summed E-state index contributed by atoms with van der Waals surface area (Å²) in [6.45, 7) is 8.94. The number of anilines is 3. The van der Waals surface area contributed by atoms with Crippen molar-refractivity contribution in [3.8, 4) is 0 Å². The molecule has 0 aliphatic carbocycles. The van der Waals surface area contributed by atoms with Crippen LogP contribution < -0.4 is 20.9 Å². The first-order valence-electron chi connectivity index (χ1n) is 9.95. The first kappa shape index (κ1) is 22.3. The van der Waals surface area contributed by atoms with Crippen molar-refractivity contribution in [2.24, 2.45) is 5.92 Å². The maximum absolute atomic E-state index is 12.6. The zero-order valence-electron chi connectivity index (χ0n) is 18.2. The van der Waals surface area contributed by atoms with E-state index in [4.69, 9.17) is 0 Å². The Kier molecular flexibility index (Phi) is 7.65. The fourth-order valence-corrected chi connectivity index (χ4v) is 2.82. The molecule has 0 fully saturated rings. The minimum absolute atomic E-state index is 0.157. The molecule has 6 nitrogen and oxygen atoms in total. The maximum Gasteiger partial charge on any atom is 0.323 e. The van der Waals surface area contributed by atoms with Gasteiger partial charge in [0.25, 0.3) is 5.91 Å². The zero-order chi connectivity index (χ0) is 21.6. The van der Waals surface area contributed by atoms with Crippen molar-refractivity contribution >= 4 is 29.0 Å². The summed E-state index contributed by atoms with van der Waals surface area (Å²) in [5.41, 5.74) is 3.80. The molecule has 0 aliphatic rings. The lowest BCUT2D eigenvalue weighted by Gasteiger charge is -2.19. The molecule has 0 unspecified atom stereocenters. The Bertz CT molecular complexity index is 842. The van der Waals surface area contributed by atoms with Crippen molar-refractivity contribution in [3.05, 3.63) is 53.6 Å². The van der Waals surface area contributed by atoms with Gasteiger partial charge >= 0.3 is 6.03 Å². The van der Waals surface area contributed by atoms with Gasteiger partial charge in [-0.15, -0.1) is 0 Å². The number of nitrogens with zero attached hydrogens (tertiary/aromatic N) is 1. The van der Waals surface area contributed by atoms with E-state index < -0.39 is 0 Å². The SMILES string of the molecule is CC(C)CNC(=O)c1cc(NC(=O)Nc2ccc(C(C)C)cc2)ccc1N(C)C. The van der Waals surface area contributed by atoms with Gasteiger partial charge < -0.3 is 20.9 Å². The molecule has 29 heavy (non-hydrogen) atoms. The molecular weight excluding hydrogens is 364 g/mol. The molecule has 3 N–H and O–H groups in total. The summed E-state index contributed by atoms with van der Waals surface area (Å²) in [5, 5.41) is 8.56. The highest BCUT2D eigenvalue weighted by atomic mass is 16.2. The lowest BCUT2D eigenvalue weighted by atomic mass is 10.0. The largest absolute Gasteiger partial charge is 0.377 e. The molecule has 0 heterocycles. The smallest absolute Gasteiger partial charge is 0.323 e. The highest BCUT2D eigenvalue weighted by Gasteiger charge is 2.15. The Morgan fingerprint density at radius 1 is 0.897 bits per heavy atom. The van der Waals surface area contributed by atoms with Gasteiger partial charge in [0.2, 0.25) is 0 Å². The van der Waals surface area contributed by atoms with E-state index in [-0.39, 0.29) is 11.9 Å². The number of carbonyl (C=O) groups excluding carboxylic acids is 2. The van der Waals surface area contributed by atoms with Gasteiger partial charge in [-0.3, -0.25) is 4.79 Å². The van der Waals surface area contributed by atoms with E-state index >= 15 is 0 Å². The van der Waals surface area contributed by atoms with Crippen LogP contribution in [-0.2, 0) is 0 Å². The molecule has 0 bridgehead atoms. The summed E-state index contributed by atoms with van der Waals surface area (Å²) in [7, 11) is 3.77. The van der Waals surface area contributed by atoms with E-state index in [9.17, 15) is 9.59 Å². The van der Waals surface area contributed by atoms with Crippen LogP contribution >= 0.6 is 0 Å². The summed E-state index contributed by atoms with van der Waals surface area (Å²) in [5.74, 6) is 0.639. The number of urea groups is 1. The average Bonchev–Trinajstić information content (AvgIpc) is 2.66. The predicted molar refractivity (Wildman–Crippen MR) is 121 cm³/mol. The number of rotatable bonds is 7. The van der Waals surface area contributed by atoms with Crippen molar-refractivity contribution in [2.45, 2.75) is 33.6 Å². The molecule has 3 amide bonds. The fraction of sp³-hybridized carbons (Fsp3) is 0.391. The van der Waals surface area contributed by atoms with E-state index in [1.165, 1.54) is 5.56 Å². The first-order valence-corrected chi connectivity index (χ1v) is 9.95. The van der Waals surface area contributed by atoms with Crippen LogP contribution in [0, 0.1) is 5.92 Å². The number of amides is 3. The molecule has 2 rings (SSSR count). The molecule has 0 atom stereocenters. The van der Waals surface area contributed by atoms with Crippen molar-refractivity contribution < 1.29 is 9.59 Å². The molecule has 0 aromatic heterocycles. The van der Waals surface area contributed by atoms with E-state index in [1.54, 1.807) is 12.1 Å². The molecule has 0 spiro atoms. The third kappa shape index (κ3) is 6.52. The summed E-state index contributed by atoms with van der Waals surface area (Å²) in [4.78, 5) is 26.9. The molecule has 2 aromatic rings. The fourth-order valence-electron chi connectivity index (χ4n) is 2.82. The minimum atomic E-state index is -0.353. The number of nitrogens with one attached hydrogen (secondary N) is 3. The van der Waals surface area contributed by atoms with E-state index in [2.05, 4.69) is 29.8 Å². The Morgan fingerprint density at radius 3 is 2.03 bits per heavy atom. The van der Waals surface area contributed by atoms with Gasteiger partial charge in [-0.25, -0.2) is 4.79 Å². The summed E-state index contributed by atoms with van der Waals surface area (Å²) < 4.78 is 0. The van der Waals surface area contributed by atoms with Crippen molar-refractivity contribution in [1.82, 2.24) is 5.32 Å². The highest BCUT2D eigenvalue weighted by Crippen LogP contribution is 2.23. The summed E-state index contributed by atoms with van der Waals surface area (Å²) in [6, 6.07) is 12.7. The lowest BCUT2D eigenvalue weighted by Crippen LogP contribution is -2.29. The summed E-state index contributed by atoms with van der Waals surface area (Å²) in [6.07, 6.45) is 0. The van der Waals surface area contributed by atoms with Gasteiger partial charge in [0.15, 0.2) is 0 Å². The molecule has 0 aliphatic heterocycles. The van der Waals surface area contributed by atoms with Crippen LogP contribution in [0.3, 0.4) is 0 Å². The van der Waals surface area contributed by atoms with E-state index in [0.717, 1.165) is 5.69 Å². The number of hydrogen-bond donors (Lipinski definition) is 3. The van der Waals surface area contributed by atoms with Crippen LogP contribution in [0.15, 0.2) is 42.5 Å². The van der Waals surface area contributed by atoms with Gasteiger partial charge in [0.05, 0.1) is 5.56 Å². The maximum atomic E-state index is 12.6. The number of carbonyl (C=O) groups is 2. The van der Waals surface area contributed by atoms with E-state index in [0.29, 0.717) is 35.3 Å². The number of benzene rings is 2. The van der Waals surface area contributed by atoms with Crippen molar-refractivity contribution in [1.29, 1.82) is 0 Å². The van der Waals surface area contributed by atoms with Crippen LogP contribution in [0.25, 0.3) is 0 Å². The van der Waals surface area contributed by atoms with Crippen LogP contribution in [0.4, 0.5) is 21.9 Å². The molecule has 0 saturated heterocycles. The van der Waals surface area contributed by atoms with Gasteiger partial charge in [-0.1, -0.05) is 39.8 Å². The van der Waals surface area contributed by atoms with Gasteiger partial charge in [-0.2, -0.15) is 0 Å². The Balaban J connectivity index is 2.12.